The number of aromatic nitrogens is 1. The van der Waals surface area contributed by atoms with Crippen molar-refractivity contribution in [3.05, 3.63) is 87.4 Å². The van der Waals surface area contributed by atoms with Crippen LogP contribution < -0.4 is 10.6 Å². The van der Waals surface area contributed by atoms with Crippen molar-refractivity contribution in [1.82, 2.24) is 15.6 Å². The molecule has 0 unspecified atom stereocenters. The molecule has 4 N–H and O–H groups in total. The molecule has 1 saturated carbocycles. The van der Waals surface area contributed by atoms with Crippen LogP contribution in [0, 0.1) is 11.6 Å². The van der Waals surface area contributed by atoms with Gasteiger partial charge in [0, 0.05) is 36.7 Å². The zero-order chi connectivity index (χ0) is 29.1. The lowest BCUT2D eigenvalue weighted by molar-refractivity contribution is -0.120. The van der Waals surface area contributed by atoms with Crippen molar-refractivity contribution in [2.45, 2.75) is 88.5 Å². The van der Waals surface area contributed by atoms with E-state index in [1.54, 1.807) is 6.20 Å². The van der Waals surface area contributed by atoms with Gasteiger partial charge in [0.1, 0.15) is 22.2 Å². The first-order valence-corrected chi connectivity index (χ1v) is 14.6. The fraction of sp³-hybridized carbons (Fsp3) is 0.484. The van der Waals surface area contributed by atoms with Crippen LogP contribution in [0.5, 0.6) is 0 Å². The van der Waals surface area contributed by atoms with Gasteiger partial charge in [0.25, 0.3) is 0 Å². The minimum atomic E-state index is -1.04. The number of nitrogens with one attached hydrogen (secondary N) is 2. The first-order valence-electron chi connectivity index (χ1n) is 13.7. The molecule has 1 fully saturated rings. The Morgan fingerprint density at radius 2 is 1.77 bits per heavy atom. The molecule has 9 heteroatoms. The van der Waals surface area contributed by atoms with Crippen LogP contribution in [-0.2, 0) is 27.8 Å². The number of halogens is 2. The van der Waals surface area contributed by atoms with E-state index in [4.69, 9.17) is 0 Å². The fourth-order valence-electron chi connectivity index (χ4n) is 5.58. The Hall–Kier alpha value is -2.72. The summed E-state index contributed by atoms with van der Waals surface area (Å²) in [7, 11) is 0. The molecule has 1 aromatic heterocycles. The lowest BCUT2D eigenvalue weighted by atomic mass is 9.70. The minimum Gasteiger partial charge on any atom is -0.390 e. The quantitative estimate of drug-likeness (QED) is 0.288. The number of hydrogen-bond donors (Lipinski definition) is 4. The highest BCUT2D eigenvalue weighted by atomic mass is 32.1. The smallest absolute Gasteiger partial charge is 0.217 e. The van der Waals surface area contributed by atoms with Gasteiger partial charge in [0.05, 0.1) is 12.1 Å². The van der Waals surface area contributed by atoms with Crippen molar-refractivity contribution >= 4 is 17.2 Å². The van der Waals surface area contributed by atoms with Crippen LogP contribution in [0.4, 0.5) is 8.78 Å². The molecule has 0 spiro atoms. The predicted octanol–water partition coefficient (Wildman–Crippen LogP) is 5.07. The number of aliphatic hydroxyl groups is 2. The van der Waals surface area contributed by atoms with Gasteiger partial charge in [-0.1, -0.05) is 45.0 Å². The van der Waals surface area contributed by atoms with Gasteiger partial charge in [0.2, 0.25) is 5.91 Å². The van der Waals surface area contributed by atoms with E-state index in [1.807, 2.05) is 11.4 Å². The van der Waals surface area contributed by atoms with E-state index in [2.05, 4.69) is 54.6 Å². The summed E-state index contributed by atoms with van der Waals surface area (Å²) >= 11 is 1.45. The largest absolute Gasteiger partial charge is 0.390 e. The number of hydrogen-bond acceptors (Lipinski definition) is 6. The number of benzene rings is 2. The fourth-order valence-corrected chi connectivity index (χ4v) is 6.37. The molecule has 4 rings (SSSR count). The van der Waals surface area contributed by atoms with E-state index in [-0.39, 0.29) is 24.3 Å². The van der Waals surface area contributed by atoms with Crippen LogP contribution in [0.2, 0.25) is 0 Å². The van der Waals surface area contributed by atoms with Crippen molar-refractivity contribution in [3.63, 3.8) is 0 Å². The Morgan fingerprint density at radius 1 is 1.10 bits per heavy atom. The maximum atomic E-state index is 13.8. The maximum Gasteiger partial charge on any atom is 0.217 e. The van der Waals surface area contributed by atoms with Gasteiger partial charge in [-0.2, -0.15) is 0 Å². The van der Waals surface area contributed by atoms with Gasteiger partial charge in [0.15, 0.2) is 0 Å². The molecule has 0 saturated heterocycles. The third-order valence-electron chi connectivity index (χ3n) is 7.92. The van der Waals surface area contributed by atoms with Crippen molar-refractivity contribution in [2.24, 2.45) is 0 Å². The molecule has 40 heavy (non-hydrogen) atoms. The zero-order valence-corrected chi connectivity index (χ0v) is 24.3. The monoisotopic (exact) mass is 571 g/mol. The summed E-state index contributed by atoms with van der Waals surface area (Å²) < 4.78 is 27.7. The first-order chi connectivity index (χ1) is 18.8. The van der Waals surface area contributed by atoms with Crippen molar-refractivity contribution in [1.29, 1.82) is 0 Å². The second kappa shape index (κ2) is 12.0. The second-order valence-corrected chi connectivity index (χ2v) is 12.9. The molecular weight excluding hydrogens is 532 g/mol. The molecule has 1 aliphatic carbocycles. The lowest BCUT2D eigenvalue weighted by Gasteiger charge is -2.45. The highest BCUT2D eigenvalue weighted by Crippen LogP contribution is 2.46. The third kappa shape index (κ3) is 7.13. The van der Waals surface area contributed by atoms with E-state index in [9.17, 15) is 23.8 Å². The average molecular weight is 572 g/mol. The zero-order valence-electron chi connectivity index (χ0n) is 23.5. The lowest BCUT2D eigenvalue weighted by Crippen LogP contribution is -2.54. The average Bonchev–Trinajstić information content (AvgIpc) is 3.43. The Balaban J connectivity index is 1.59. The van der Waals surface area contributed by atoms with E-state index in [0.717, 1.165) is 11.6 Å². The second-order valence-electron chi connectivity index (χ2n) is 12.0. The SMILES string of the molecule is CC(=O)N[C@@H](Cc1cc(F)cc(F)c1)[C@@H](O)CNC1(c2cccc(C(C)(C)C)c2)CCC(O)(c2nccs2)CC1. The Kier molecular flexibility index (Phi) is 9.09. The molecule has 2 atom stereocenters. The number of thiazole rings is 1. The molecular formula is C31H39F2N3O3S. The molecule has 2 aromatic carbocycles. The number of carbonyl (C=O) groups excluding carboxylic acids is 1. The number of nitrogens with zero attached hydrogens (tertiary/aromatic N) is 1. The van der Waals surface area contributed by atoms with E-state index < -0.39 is 34.9 Å². The number of aliphatic hydroxyl groups excluding tert-OH is 1. The summed E-state index contributed by atoms with van der Waals surface area (Å²) in [5.74, 6) is -1.77. The summed E-state index contributed by atoms with van der Waals surface area (Å²) in [5, 5.41) is 31.6. The van der Waals surface area contributed by atoms with Crippen molar-refractivity contribution in [2.75, 3.05) is 6.54 Å². The van der Waals surface area contributed by atoms with Crippen LogP contribution in [0.25, 0.3) is 0 Å². The highest BCUT2D eigenvalue weighted by molar-refractivity contribution is 7.09. The Labute approximate surface area is 238 Å². The normalized spacial score (nSPS) is 23.0. The van der Waals surface area contributed by atoms with Crippen molar-refractivity contribution in [3.8, 4) is 0 Å². The summed E-state index contributed by atoms with van der Waals surface area (Å²) in [5.41, 5.74) is 0.962. The minimum absolute atomic E-state index is 0.0629. The Bertz CT molecular complexity index is 1280. The number of carbonyl (C=O) groups is 1. The van der Waals surface area contributed by atoms with Gasteiger partial charge >= 0.3 is 0 Å². The van der Waals surface area contributed by atoms with Gasteiger partial charge in [-0.15, -0.1) is 11.3 Å². The van der Waals surface area contributed by atoms with Crippen LogP contribution >= 0.6 is 11.3 Å². The summed E-state index contributed by atoms with van der Waals surface area (Å²) in [4.78, 5) is 16.3. The summed E-state index contributed by atoms with van der Waals surface area (Å²) in [6.45, 7) is 7.94. The summed E-state index contributed by atoms with van der Waals surface area (Å²) in [6.07, 6.45) is 2.90. The molecule has 216 valence electrons. The van der Waals surface area contributed by atoms with Gasteiger partial charge in [-0.25, -0.2) is 13.8 Å². The third-order valence-corrected chi connectivity index (χ3v) is 8.89. The van der Waals surface area contributed by atoms with Crippen molar-refractivity contribution < 1.29 is 23.8 Å². The van der Waals surface area contributed by atoms with Crippen LogP contribution in [0.3, 0.4) is 0 Å². The number of rotatable bonds is 9. The first kappa shape index (κ1) is 30.2. The molecule has 1 amide bonds. The molecule has 0 radical (unpaired) electrons. The Morgan fingerprint density at radius 3 is 2.35 bits per heavy atom. The highest BCUT2D eigenvalue weighted by Gasteiger charge is 2.45. The van der Waals surface area contributed by atoms with Crippen LogP contribution in [0.15, 0.2) is 54.0 Å². The molecule has 3 aromatic rings. The predicted molar refractivity (Wildman–Crippen MR) is 153 cm³/mol. The molecule has 0 bridgehead atoms. The molecule has 0 aliphatic heterocycles. The number of amides is 1. The van der Waals surface area contributed by atoms with E-state index in [1.165, 1.54) is 36.0 Å². The molecule has 6 nitrogen and oxygen atoms in total. The van der Waals surface area contributed by atoms with Gasteiger partial charge in [-0.3, -0.25) is 4.79 Å². The van der Waals surface area contributed by atoms with Crippen LogP contribution in [-0.4, -0.2) is 39.8 Å². The van der Waals surface area contributed by atoms with E-state index >= 15 is 0 Å². The maximum absolute atomic E-state index is 13.8. The topological polar surface area (TPSA) is 94.5 Å². The standard InChI is InChI=1S/C31H39F2N3O3S/c1-20(37)36-26(16-21-14-24(32)18-25(33)15-21)27(38)19-35-30(23-7-5-6-22(17-23)29(2,3)4)8-10-31(39,11-9-30)28-34-12-13-40-28/h5-7,12-15,17-18,26-27,35,38-39H,8-11,16,19H2,1-4H3,(H,36,37)/t26-,27-,30?,31?/m0/s1. The van der Waals surface area contributed by atoms with E-state index in [0.29, 0.717) is 36.3 Å². The van der Waals surface area contributed by atoms with Gasteiger partial charge < -0.3 is 20.8 Å². The summed E-state index contributed by atoms with van der Waals surface area (Å²) in [6, 6.07) is 10.8. The molecule has 1 aliphatic rings. The van der Waals surface area contributed by atoms with Crippen LogP contribution in [0.1, 0.15) is 75.1 Å². The molecule has 1 heterocycles. The van der Waals surface area contributed by atoms with Gasteiger partial charge in [-0.05, 0) is 66.3 Å².